The van der Waals surface area contributed by atoms with E-state index < -0.39 is 0 Å². The van der Waals surface area contributed by atoms with Gasteiger partial charge in [-0.1, -0.05) is 5.16 Å². The quantitative estimate of drug-likeness (QED) is 0.795. The second-order valence-corrected chi connectivity index (χ2v) is 2.86. The largest absolute Gasteiger partial charge is 0.377 e. The molecule has 15 heavy (non-hydrogen) atoms. The summed E-state index contributed by atoms with van der Waals surface area (Å²) in [5, 5.41) is 3.66. The minimum absolute atomic E-state index is 0.198. The number of rotatable bonds is 3. The first-order valence-electron chi connectivity index (χ1n) is 4.31. The SMILES string of the molecule is COCc1noc(-c2ccc[nH]c2=O)n1. The molecular formula is C9H9N3O3. The topological polar surface area (TPSA) is 81.0 Å². The molecule has 0 radical (unpaired) electrons. The van der Waals surface area contributed by atoms with Crippen molar-refractivity contribution in [2.75, 3.05) is 7.11 Å². The third-order valence-electron chi connectivity index (χ3n) is 1.79. The average Bonchev–Trinajstić information content (AvgIpc) is 2.68. The van der Waals surface area contributed by atoms with Gasteiger partial charge in [-0.25, -0.2) is 0 Å². The number of aromatic amines is 1. The molecule has 6 nitrogen and oxygen atoms in total. The van der Waals surface area contributed by atoms with Gasteiger partial charge in [-0.2, -0.15) is 4.98 Å². The molecule has 0 bridgehead atoms. The lowest BCUT2D eigenvalue weighted by molar-refractivity contribution is 0.174. The molecule has 2 rings (SSSR count). The Labute approximate surface area is 84.9 Å². The number of pyridine rings is 1. The molecule has 0 aliphatic rings. The van der Waals surface area contributed by atoms with Crippen molar-refractivity contribution in [1.29, 1.82) is 0 Å². The highest BCUT2D eigenvalue weighted by Gasteiger charge is 2.11. The van der Waals surface area contributed by atoms with Crippen LogP contribution in [-0.2, 0) is 11.3 Å². The Bertz CT molecular complexity index is 503. The van der Waals surface area contributed by atoms with Crippen molar-refractivity contribution in [3.05, 3.63) is 34.5 Å². The first-order chi connectivity index (χ1) is 7.31. The zero-order valence-corrected chi connectivity index (χ0v) is 8.06. The summed E-state index contributed by atoms with van der Waals surface area (Å²) in [7, 11) is 1.53. The van der Waals surface area contributed by atoms with Crippen LogP contribution in [-0.4, -0.2) is 22.2 Å². The van der Waals surface area contributed by atoms with Crippen LogP contribution in [0.15, 0.2) is 27.6 Å². The number of hydrogen-bond donors (Lipinski definition) is 1. The van der Waals surface area contributed by atoms with Gasteiger partial charge in [0, 0.05) is 13.3 Å². The summed E-state index contributed by atoms with van der Waals surface area (Å²) >= 11 is 0. The predicted molar refractivity (Wildman–Crippen MR) is 51.1 cm³/mol. The fourth-order valence-corrected chi connectivity index (χ4v) is 1.14. The van der Waals surface area contributed by atoms with Gasteiger partial charge in [0.25, 0.3) is 11.4 Å². The highest BCUT2D eigenvalue weighted by atomic mass is 16.5. The summed E-state index contributed by atoms with van der Waals surface area (Å²) in [4.78, 5) is 17.9. The second kappa shape index (κ2) is 4.05. The normalized spacial score (nSPS) is 10.5. The fourth-order valence-electron chi connectivity index (χ4n) is 1.14. The van der Waals surface area contributed by atoms with Gasteiger partial charge in [-0.15, -0.1) is 0 Å². The van der Waals surface area contributed by atoms with E-state index >= 15 is 0 Å². The molecule has 0 saturated heterocycles. The van der Waals surface area contributed by atoms with Gasteiger partial charge >= 0.3 is 0 Å². The lowest BCUT2D eigenvalue weighted by Gasteiger charge is -1.90. The molecule has 0 atom stereocenters. The molecule has 0 aliphatic heterocycles. The molecule has 2 aromatic heterocycles. The number of hydrogen-bond acceptors (Lipinski definition) is 5. The number of ether oxygens (including phenoxy) is 1. The van der Waals surface area contributed by atoms with Crippen LogP contribution in [0.5, 0.6) is 0 Å². The van der Waals surface area contributed by atoms with Crippen molar-refractivity contribution in [3.8, 4) is 11.5 Å². The van der Waals surface area contributed by atoms with Crippen LogP contribution in [0.25, 0.3) is 11.5 Å². The van der Waals surface area contributed by atoms with Crippen molar-refractivity contribution in [2.24, 2.45) is 0 Å². The number of H-pyrrole nitrogens is 1. The summed E-state index contributed by atoms with van der Waals surface area (Å²) in [6.45, 7) is 0.258. The molecule has 0 aromatic carbocycles. The van der Waals surface area contributed by atoms with E-state index in [-0.39, 0.29) is 18.1 Å². The van der Waals surface area contributed by atoms with Crippen LogP contribution in [0.1, 0.15) is 5.82 Å². The van der Waals surface area contributed by atoms with Crippen molar-refractivity contribution in [3.63, 3.8) is 0 Å². The van der Waals surface area contributed by atoms with Crippen LogP contribution < -0.4 is 5.56 Å². The van der Waals surface area contributed by atoms with E-state index in [1.807, 2.05) is 0 Å². The Morgan fingerprint density at radius 1 is 1.60 bits per heavy atom. The molecule has 6 heteroatoms. The van der Waals surface area contributed by atoms with Crippen LogP contribution in [0.2, 0.25) is 0 Å². The Hall–Kier alpha value is -1.95. The van der Waals surface area contributed by atoms with Crippen LogP contribution in [0.3, 0.4) is 0 Å². The molecule has 2 heterocycles. The molecule has 0 saturated carbocycles. The van der Waals surface area contributed by atoms with Gasteiger partial charge in [-0.05, 0) is 12.1 Å². The molecule has 0 unspecified atom stereocenters. The van der Waals surface area contributed by atoms with E-state index in [4.69, 9.17) is 9.26 Å². The molecule has 0 aliphatic carbocycles. The summed E-state index contributed by atoms with van der Waals surface area (Å²) in [6.07, 6.45) is 1.54. The molecule has 78 valence electrons. The van der Waals surface area contributed by atoms with Gasteiger partial charge in [-0.3, -0.25) is 4.79 Å². The van der Waals surface area contributed by atoms with E-state index in [1.54, 1.807) is 12.1 Å². The Morgan fingerprint density at radius 3 is 3.20 bits per heavy atom. The second-order valence-electron chi connectivity index (χ2n) is 2.86. The summed E-state index contributed by atoms with van der Waals surface area (Å²) < 4.78 is 9.76. The van der Waals surface area contributed by atoms with E-state index in [9.17, 15) is 4.79 Å². The van der Waals surface area contributed by atoms with Crippen molar-refractivity contribution in [2.45, 2.75) is 6.61 Å². The maximum Gasteiger partial charge on any atom is 0.263 e. The lowest BCUT2D eigenvalue weighted by Crippen LogP contribution is -2.07. The van der Waals surface area contributed by atoms with Gasteiger partial charge in [0.2, 0.25) is 0 Å². The summed E-state index contributed by atoms with van der Waals surface area (Å²) in [6, 6.07) is 3.31. The van der Waals surface area contributed by atoms with Gasteiger partial charge < -0.3 is 14.2 Å². The first kappa shape index (κ1) is 9.60. The Kier molecular flexibility index (Phi) is 2.59. The molecular weight excluding hydrogens is 198 g/mol. The van der Waals surface area contributed by atoms with Crippen molar-refractivity contribution >= 4 is 0 Å². The van der Waals surface area contributed by atoms with E-state index in [0.717, 1.165) is 0 Å². The van der Waals surface area contributed by atoms with Gasteiger partial charge in [0.05, 0.1) is 0 Å². The third kappa shape index (κ3) is 1.94. The maximum atomic E-state index is 11.4. The number of methoxy groups -OCH3 is 1. The maximum absolute atomic E-state index is 11.4. The molecule has 1 N–H and O–H groups in total. The molecule has 0 fully saturated rings. The summed E-state index contributed by atoms with van der Waals surface area (Å²) in [5.41, 5.74) is 0.0949. The van der Waals surface area contributed by atoms with E-state index in [0.29, 0.717) is 11.4 Å². The van der Waals surface area contributed by atoms with E-state index in [2.05, 4.69) is 15.1 Å². The van der Waals surface area contributed by atoms with Crippen LogP contribution in [0.4, 0.5) is 0 Å². The van der Waals surface area contributed by atoms with Crippen LogP contribution >= 0.6 is 0 Å². The molecule has 0 amide bonds. The number of nitrogens with one attached hydrogen (secondary N) is 1. The molecule has 0 spiro atoms. The minimum Gasteiger partial charge on any atom is -0.377 e. The Morgan fingerprint density at radius 2 is 2.47 bits per heavy atom. The first-order valence-corrected chi connectivity index (χ1v) is 4.31. The number of aromatic nitrogens is 3. The standard InChI is InChI=1S/C9H9N3O3/c1-14-5-7-11-9(15-12-7)6-3-2-4-10-8(6)13/h2-4H,5H2,1H3,(H,10,13). The molecule has 2 aromatic rings. The zero-order valence-electron chi connectivity index (χ0n) is 8.06. The highest BCUT2D eigenvalue weighted by molar-refractivity contribution is 5.50. The highest BCUT2D eigenvalue weighted by Crippen LogP contribution is 2.11. The third-order valence-corrected chi connectivity index (χ3v) is 1.79. The smallest absolute Gasteiger partial charge is 0.263 e. The predicted octanol–water partition coefficient (Wildman–Crippen LogP) is 0.571. The Balaban J connectivity index is 2.38. The summed E-state index contributed by atoms with van der Waals surface area (Å²) in [5.74, 6) is 0.611. The van der Waals surface area contributed by atoms with E-state index in [1.165, 1.54) is 13.3 Å². The van der Waals surface area contributed by atoms with Gasteiger partial charge in [0.15, 0.2) is 5.82 Å². The van der Waals surface area contributed by atoms with Crippen LogP contribution in [0, 0.1) is 0 Å². The average molecular weight is 207 g/mol. The fraction of sp³-hybridized carbons (Fsp3) is 0.222. The van der Waals surface area contributed by atoms with Gasteiger partial charge in [0.1, 0.15) is 12.2 Å². The van der Waals surface area contributed by atoms with Crippen molar-refractivity contribution in [1.82, 2.24) is 15.1 Å². The zero-order chi connectivity index (χ0) is 10.7. The number of nitrogens with zero attached hydrogens (tertiary/aromatic N) is 2. The lowest BCUT2D eigenvalue weighted by atomic mass is 10.3. The van der Waals surface area contributed by atoms with Crippen molar-refractivity contribution < 1.29 is 9.26 Å². The monoisotopic (exact) mass is 207 g/mol. The minimum atomic E-state index is -0.259.